The maximum atomic E-state index is 11.7. The minimum absolute atomic E-state index is 0.553. The molecule has 0 heterocycles. The number of aliphatic hydroxyl groups is 1. The topological polar surface area (TPSA) is 60.8 Å². The number of carbonyl (C=O) groups is 1. The summed E-state index contributed by atoms with van der Waals surface area (Å²) in [5.41, 5.74) is -0.521. The quantitative estimate of drug-likeness (QED) is 0.881. The molecule has 0 fully saturated rings. The van der Waals surface area contributed by atoms with E-state index in [1.165, 1.54) is 4.90 Å². The molecular formula is C17H19NO3. The van der Waals surface area contributed by atoms with Gasteiger partial charge < -0.3 is 10.2 Å². The van der Waals surface area contributed by atoms with Crippen LogP contribution in [0.25, 0.3) is 0 Å². The van der Waals surface area contributed by atoms with E-state index < -0.39 is 17.6 Å². The standard InChI is InChI=1S/C17H19NO3/c1-18(2)15(16(19)20)17(21,13-9-5-3-6-10-13)14-11-7-4-8-12-14/h3-12,15,21H,1-2H3,(H,19,20). The molecule has 0 spiro atoms. The monoisotopic (exact) mass is 285 g/mol. The van der Waals surface area contributed by atoms with Crippen molar-refractivity contribution in [1.29, 1.82) is 0 Å². The van der Waals surface area contributed by atoms with Crippen molar-refractivity contribution in [3.8, 4) is 0 Å². The van der Waals surface area contributed by atoms with E-state index in [-0.39, 0.29) is 0 Å². The first-order valence-electron chi connectivity index (χ1n) is 6.70. The van der Waals surface area contributed by atoms with Crippen LogP contribution in [-0.2, 0) is 10.4 Å². The van der Waals surface area contributed by atoms with Gasteiger partial charge in [-0.05, 0) is 25.2 Å². The van der Waals surface area contributed by atoms with Crippen LogP contribution in [0.1, 0.15) is 11.1 Å². The SMILES string of the molecule is CN(C)C(C(=O)O)C(O)(c1ccccc1)c1ccccc1. The van der Waals surface area contributed by atoms with Crippen LogP contribution in [0, 0.1) is 0 Å². The molecule has 4 heteroatoms. The smallest absolute Gasteiger partial charge is 0.324 e. The van der Waals surface area contributed by atoms with Crippen LogP contribution in [0.4, 0.5) is 0 Å². The molecule has 0 aromatic heterocycles. The Bertz CT molecular complexity index is 556. The molecule has 110 valence electrons. The average Bonchev–Trinajstić information content (AvgIpc) is 2.48. The Balaban J connectivity index is 2.68. The predicted octanol–water partition coefficient (Wildman–Crippen LogP) is 1.94. The fourth-order valence-corrected chi connectivity index (χ4v) is 2.64. The van der Waals surface area contributed by atoms with Crippen LogP contribution in [0.15, 0.2) is 60.7 Å². The molecule has 2 N–H and O–H groups in total. The second-order valence-corrected chi connectivity index (χ2v) is 5.20. The lowest BCUT2D eigenvalue weighted by Crippen LogP contribution is -2.53. The van der Waals surface area contributed by atoms with Gasteiger partial charge in [0.05, 0.1) is 0 Å². The maximum Gasteiger partial charge on any atom is 0.324 e. The molecule has 0 aliphatic carbocycles. The van der Waals surface area contributed by atoms with E-state index in [4.69, 9.17) is 0 Å². The van der Waals surface area contributed by atoms with E-state index in [2.05, 4.69) is 0 Å². The lowest BCUT2D eigenvalue weighted by Gasteiger charge is -2.38. The molecular weight excluding hydrogens is 266 g/mol. The van der Waals surface area contributed by atoms with Gasteiger partial charge in [0.15, 0.2) is 0 Å². The highest BCUT2D eigenvalue weighted by Gasteiger charge is 2.46. The molecule has 0 aliphatic heterocycles. The molecule has 1 unspecified atom stereocenters. The Morgan fingerprint density at radius 1 is 0.952 bits per heavy atom. The summed E-state index contributed by atoms with van der Waals surface area (Å²) in [6, 6.07) is 16.7. The van der Waals surface area contributed by atoms with E-state index in [0.717, 1.165) is 0 Å². The molecule has 0 amide bonds. The highest BCUT2D eigenvalue weighted by Crippen LogP contribution is 2.35. The van der Waals surface area contributed by atoms with Crippen molar-refractivity contribution in [2.45, 2.75) is 11.6 Å². The molecule has 0 aliphatic rings. The molecule has 2 aromatic carbocycles. The zero-order valence-electron chi connectivity index (χ0n) is 12.1. The number of likely N-dealkylation sites (N-methyl/N-ethyl adjacent to an activating group) is 1. The van der Waals surface area contributed by atoms with Crippen molar-refractivity contribution in [3.63, 3.8) is 0 Å². The van der Waals surface area contributed by atoms with Gasteiger partial charge in [0.1, 0.15) is 11.6 Å². The second-order valence-electron chi connectivity index (χ2n) is 5.20. The van der Waals surface area contributed by atoms with Gasteiger partial charge in [0.2, 0.25) is 0 Å². The van der Waals surface area contributed by atoms with Gasteiger partial charge in [-0.1, -0.05) is 60.7 Å². The molecule has 0 bridgehead atoms. The van der Waals surface area contributed by atoms with Gasteiger partial charge in [0.25, 0.3) is 0 Å². The van der Waals surface area contributed by atoms with E-state index in [0.29, 0.717) is 11.1 Å². The molecule has 2 rings (SSSR count). The number of nitrogens with zero attached hydrogens (tertiary/aromatic N) is 1. The van der Waals surface area contributed by atoms with E-state index in [9.17, 15) is 15.0 Å². The van der Waals surface area contributed by atoms with E-state index in [1.54, 1.807) is 62.6 Å². The first-order chi connectivity index (χ1) is 9.98. The number of hydrogen-bond acceptors (Lipinski definition) is 3. The summed E-state index contributed by atoms with van der Waals surface area (Å²) in [5, 5.41) is 20.9. The number of aliphatic carboxylic acids is 1. The Morgan fingerprint density at radius 2 is 1.33 bits per heavy atom. The normalized spacial score (nSPS) is 13.1. The molecule has 2 aromatic rings. The van der Waals surface area contributed by atoms with Crippen molar-refractivity contribution in [2.75, 3.05) is 14.1 Å². The Kier molecular flexibility index (Phi) is 4.40. The summed E-state index contributed by atoms with van der Waals surface area (Å²) in [6.45, 7) is 0. The molecule has 1 atom stereocenters. The van der Waals surface area contributed by atoms with Crippen LogP contribution in [-0.4, -0.2) is 41.2 Å². The van der Waals surface area contributed by atoms with Crippen molar-refractivity contribution >= 4 is 5.97 Å². The lowest BCUT2D eigenvalue weighted by atomic mass is 9.79. The van der Waals surface area contributed by atoms with Crippen LogP contribution in [0.3, 0.4) is 0 Å². The Hall–Kier alpha value is -2.17. The van der Waals surface area contributed by atoms with Crippen LogP contribution in [0.5, 0.6) is 0 Å². The van der Waals surface area contributed by atoms with Gasteiger partial charge >= 0.3 is 5.97 Å². The molecule has 21 heavy (non-hydrogen) atoms. The summed E-state index contributed by atoms with van der Waals surface area (Å²) in [6.07, 6.45) is 0. The molecule has 0 saturated heterocycles. The summed E-state index contributed by atoms with van der Waals surface area (Å²) in [5.74, 6) is -1.07. The van der Waals surface area contributed by atoms with Crippen molar-refractivity contribution in [3.05, 3.63) is 71.8 Å². The predicted molar refractivity (Wildman–Crippen MR) is 81.0 cm³/mol. The number of benzene rings is 2. The van der Waals surface area contributed by atoms with Gasteiger partial charge in [-0.15, -0.1) is 0 Å². The first-order valence-corrected chi connectivity index (χ1v) is 6.70. The summed E-state index contributed by atoms with van der Waals surface area (Å²) in [4.78, 5) is 13.2. The highest BCUT2D eigenvalue weighted by atomic mass is 16.4. The van der Waals surface area contributed by atoms with Crippen molar-refractivity contribution < 1.29 is 15.0 Å². The van der Waals surface area contributed by atoms with E-state index in [1.807, 2.05) is 12.1 Å². The van der Waals surface area contributed by atoms with Gasteiger partial charge in [-0.3, -0.25) is 9.69 Å². The number of hydrogen-bond donors (Lipinski definition) is 2. The number of carboxylic acids is 1. The Labute approximate surface area is 124 Å². The van der Waals surface area contributed by atoms with Gasteiger partial charge in [0, 0.05) is 0 Å². The Morgan fingerprint density at radius 3 is 1.62 bits per heavy atom. The van der Waals surface area contributed by atoms with Crippen molar-refractivity contribution in [1.82, 2.24) is 4.90 Å². The first kappa shape index (κ1) is 15.2. The average molecular weight is 285 g/mol. The summed E-state index contributed by atoms with van der Waals surface area (Å²) in [7, 11) is 3.30. The minimum atomic E-state index is -1.63. The van der Waals surface area contributed by atoms with E-state index >= 15 is 0 Å². The maximum absolute atomic E-state index is 11.7. The third kappa shape index (κ3) is 2.82. The fourth-order valence-electron chi connectivity index (χ4n) is 2.64. The molecule has 4 nitrogen and oxygen atoms in total. The van der Waals surface area contributed by atoms with Crippen LogP contribution >= 0.6 is 0 Å². The lowest BCUT2D eigenvalue weighted by molar-refractivity contribution is -0.151. The highest BCUT2D eigenvalue weighted by molar-refractivity contribution is 5.77. The second kappa shape index (κ2) is 6.08. The van der Waals surface area contributed by atoms with Gasteiger partial charge in [-0.2, -0.15) is 0 Å². The van der Waals surface area contributed by atoms with Crippen molar-refractivity contribution in [2.24, 2.45) is 0 Å². The zero-order chi connectivity index (χ0) is 15.5. The third-order valence-electron chi connectivity index (χ3n) is 3.57. The molecule has 0 radical (unpaired) electrons. The van der Waals surface area contributed by atoms with Crippen LogP contribution < -0.4 is 0 Å². The van der Waals surface area contributed by atoms with Gasteiger partial charge in [-0.25, -0.2) is 0 Å². The third-order valence-corrected chi connectivity index (χ3v) is 3.57. The summed E-state index contributed by atoms with van der Waals surface area (Å²) < 4.78 is 0. The molecule has 0 saturated carbocycles. The largest absolute Gasteiger partial charge is 0.480 e. The summed E-state index contributed by atoms with van der Waals surface area (Å²) >= 11 is 0. The van der Waals surface area contributed by atoms with Crippen LogP contribution in [0.2, 0.25) is 0 Å². The number of carboxylic acid groups (broad SMARTS) is 1. The number of rotatable bonds is 5. The zero-order valence-corrected chi connectivity index (χ0v) is 12.1. The fraction of sp³-hybridized carbons (Fsp3) is 0.235. The minimum Gasteiger partial charge on any atom is -0.480 e.